The minimum absolute atomic E-state index is 0.0123. The standard InChI is InChI=1S/C17H26N2O2/c1-19(12-13-8-10-14(21-2)11-9-13)17(20)15-6-4-3-5-7-16(15)18/h8-11,15-16H,3-7,12,18H2,1-2H3. The maximum Gasteiger partial charge on any atom is 0.227 e. The zero-order chi connectivity index (χ0) is 15.2. The van der Waals surface area contributed by atoms with Crippen LogP contribution in [0.15, 0.2) is 24.3 Å². The second-order valence-electron chi connectivity index (χ2n) is 5.95. The maximum atomic E-state index is 12.6. The highest BCUT2D eigenvalue weighted by Gasteiger charge is 2.29. The first kappa shape index (κ1) is 15.8. The first-order valence-corrected chi connectivity index (χ1v) is 7.75. The lowest BCUT2D eigenvalue weighted by atomic mass is 9.94. The maximum absolute atomic E-state index is 12.6. The van der Waals surface area contributed by atoms with Crippen LogP contribution in [0.4, 0.5) is 0 Å². The van der Waals surface area contributed by atoms with Crippen molar-refractivity contribution < 1.29 is 9.53 Å². The van der Waals surface area contributed by atoms with E-state index in [0.29, 0.717) is 6.54 Å². The highest BCUT2D eigenvalue weighted by atomic mass is 16.5. The van der Waals surface area contributed by atoms with Crippen molar-refractivity contribution in [3.8, 4) is 5.75 Å². The van der Waals surface area contributed by atoms with Crippen molar-refractivity contribution in [2.75, 3.05) is 14.2 Å². The van der Waals surface area contributed by atoms with Gasteiger partial charge >= 0.3 is 0 Å². The smallest absolute Gasteiger partial charge is 0.227 e. The van der Waals surface area contributed by atoms with Crippen molar-refractivity contribution in [3.05, 3.63) is 29.8 Å². The molecule has 0 radical (unpaired) electrons. The largest absolute Gasteiger partial charge is 0.497 e. The topological polar surface area (TPSA) is 55.6 Å². The van der Waals surface area contributed by atoms with Crippen LogP contribution >= 0.6 is 0 Å². The van der Waals surface area contributed by atoms with Gasteiger partial charge in [-0.15, -0.1) is 0 Å². The third-order valence-electron chi connectivity index (χ3n) is 4.34. The van der Waals surface area contributed by atoms with E-state index < -0.39 is 0 Å². The Morgan fingerprint density at radius 1 is 1.24 bits per heavy atom. The van der Waals surface area contributed by atoms with Crippen molar-refractivity contribution in [2.24, 2.45) is 11.7 Å². The molecule has 2 atom stereocenters. The van der Waals surface area contributed by atoms with Crippen LogP contribution in [0.3, 0.4) is 0 Å². The van der Waals surface area contributed by atoms with Gasteiger partial charge < -0.3 is 15.4 Å². The summed E-state index contributed by atoms with van der Waals surface area (Å²) in [6.45, 7) is 0.617. The number of hydrogen-bond acceptors (Lipinski definition) is 3. The number of nitrogens with zero attached hydrogens (tertiary/aromatic N) is 1. The van der Waals surface area contributed by atoms with E-state index in [1.165, 1.54) is 6.42 Å². The van der Waals surface area contributed by atoms with Gasteiger partial charge in [0.15, 0.2) is 0 Å². The summed E-state index contributed by atoms with van der Waals surface area (Å²) in [6.07, 6.45) is 5.34. The van der Waals surface area contributed by atoms with Crippen LogP contribution in [0.1, 0.15) is 37.7 Å². The first-order valence-electron chi connectivity index (χ1n) is 7.75. The summed E-state index contributed by atoms with van der Waals surface area (Å²) in [5.41, 5.74) is 7.29. The minimum Gasteiger partial charge on any atom is -0.497 e. The summed E-state index contributed by atoms with van der Waals surface area (Å²) in [5, 5.41) is 0. The molecule has 116 valence electrons. The molecule has 21 heavy (non-hydrogen) atoms. The Labute approximate surface area is 127 Å². The van der Waals surface area contributed by atoms with Crippen molar-refractivity contribution >= 4 is 5.91 Å². The number of hydrogen-bond donors (Lipinski definition) is 1. The van der Waals surface area contributed by atoms with Crippen molar-refractivity contribution in [1.82, 2.24) is 4.90 Å². The molecule has 0 saturated heterocycles. The SMILES string of the molecule is COc1ccc(CN(C)C(=O)C2CCCCCC2N)cc1. The van der Waals surface area contributed by atoms with Gasteiger partial charge in [-0.25, -0.2) is 0 Å². The summed E-state index contributed by atoms with van der Waals surface area (Å²) in [7, 11) is 3.52. The van der Waals surface area contributed by atoms with Gasteiger partial charge in [0.05, 0.1) is 13.0 Å². The van der Waals surface area contributed by atoms with E-state index in [1.807, 2.05) is 31.3 Å². The first-order chi connectivity index (χ1) is 10.1. The van der Waals surface area contributed by atoms with Gasteiger partial charge in [0.1, 0.15) is 5.75 Å². The summed E-state index contributed by atoms with van der Waals surface area (Å²) < 4.78 is 5.15. The predicted octanol–water partition coefficient (Wildman–Crippen LogP) is 2.56. The fraction of sp³-hybridized carbons (Fsp3) is 0.588. The number of carbonyl (C=O) groups is 1. The van der Waals surface area contributed by atoms with E-state index in [4.69, 9.17) is 10.5 Å². The molecule has 4 heteroatoms. The molecule has 1 amide bonds. The molecule has 0 heterocycles. The van der Waals surface area contributed by atoms with Crippen LogP contribution in [0.25, 0.3) is 0 Å². The van der Waals surface area contributed by atoms with Crippen LogP contribution in [-0.4, -0.2) is 31.0 Å². The van der Waals surface area contributed by atoms with Crippen LogP contribution in [0, 0.1) is 5.92 Å². The van der Waals surface area contributed by atoms with Crippen molar-refractivity contribution in [1.29, 1.82) is 0 Å². The number of nitrogens with two attached hydrogens (primary N) is 1. The molecule has 0 aromatic heterocycles. The molecular weight excluding hydrogens is 264 g/mol. The molecule has 0 spiro atoms. The Balaban J connectivity index is 1.97. The normalized spacial score (nSPS) is 22.4. The van der Waals surface area contributed by atoms with Crippen LogP contribution in [0.2, 0.25) is 0 Å². The Morgan fingerprint density at radius 3 is 2.57 bits per heavy atom. The van der Waals surface area contributed by atoms with E-state index in [0.717, 1.165) is 37.0 Å². The molecule has 2 unspecified atom stereocenters. The number of ether oxygens (including phenoxy) is 1. The number of rotatable bonds is 4. The monoisotopic (exact) mass is 290 g/mol. The molecule has 1 aromatic rings. The van der Waals surface area contributed by atoms with Gasteiger partial charge in [0, 0.05) is 19.6 Å². The molecule has 0 aliphatic heterocycles. The van der Waals surface area contributed by atoms with Gasteiger partial charge in [-0.1, -0.05) is 31.4 Å². The molecule has 1 aromatic carbocycles. The number of benzene rings is 1. The molecule has 1 fully saturated rings. The lowest BCUT2D eigenvalue weighted by molar-refractivity contribution is -0.135. The fourth-order valence-electron chi connectivity index (χ4n) is 3.01. The van der Waals surface area contributed by atoms with Crippen LogP contribution in [0.5, 0.6) is 5.75 Å². The molecule has 0 bridgehead atoms. The molecule has 1 aliphatic rings. The zero-order valence-corrected chi connectivity index (χ0v) is 13.0. The molecule has 1 saturated carbocycles. The molecular formula is C17H26N2O2. The third-order valence-corrected chi connectivity index (χ3v) is 4.34. The molecule has 2 rings (SSSR count). The van der Waals surface area contributed by atoms with E-state index in [-0.39, 0.29) is 17.9 Å². The quantitative estimate of drug-likeness (QED) is 0.867. The Kier molecular flexibility index (Phi) is 5.62. The second-order valence-corrected chi connectivity index (χ2v) is 5.95. The van der Waals surface area contributed by atoms with E-state index in [9.17, 15) is 4.79 Å². The van der Waals surface area contributed by atoms with Gasteiger partial charge in [0.2, 0.25) is 5.91 Å². The fourth-order valence-corrected chi connectivity index (χ4v) is 3.01. The number of methoxy groups -OCH3 is 1. The van der Waals surface area contributed by atoms with Crippen molar-refractivity contribution in [2.45, 2.75) is 44.7 Å². The highest BCUT2D eigenvalue weighted by Crippen LogP contribution is 2.24. The van der Waals surface area contributed by atoms with Gasteiger partial charge in [-0.3, -0.25) is 4.79 Å². The van der Waals surface area contributed by atoms with Gasteiger partial charge in [-0.2, -0.15) is 0 Å². The summed E-state index contributed by atoms with van der Waals surface area (Å²) in [6, 6.07) is 7.85. The predicted molar refractivity (Wildman–Crippen MR) is 84.0 cm³/mol. The summed E-state index contributed by atoms with van der Waals surface area (Å²) >= 11 is 0. The average molecular weight is 290 g/mol. The minimum atomic E-state index is -0.0178. The Bertz CT molecular complexity index is 458. The lowest BCUT2D eigenvalue weighted by Crippen LogP contribution is -2.41. The third kappa shape index (κ3) is 4.21. The second kappa shape index (κ2) is 7.46. The van der Waals surface area contributed by atoms with E-state index >= 15 is 0 Å². The molecule has 1 aliphatic carbocycles. The zero-order valence-electron chi connectivity index (χ0n) is 13.0. The van der Waals surface area contributed by atoms with E-state index in [1.54, 1.807) is 12.0 Å². The molecule has 2 N–H and O–H groups in total. The van der Waals surface area contributed by atoms with Crippen LogP contribution < -0.4 is 10.5 Å². The number of carbonyl (C=O) groups excluding carboxylic acids is 1. The van der Waals surface area contributed by atoms with Gasteiger partial charge in [0.25, 0.3) is 0 Å². The van der Waals surface area contributed by atoms with Crippen molar-refractivity contribution in [3.63, 3.8) is 0 Å². The summed E-state index contributed by atoms with van der Waals surface area (Å²) in [4.78, 5) is 14.4. The Morgan fingerprint density at radius 2 is 1.90 bits per heavy atom. The highest BCUT2D eigenvalue weighted by molar-refractivity contribution is 5.79. The molecule has 4 nitrogen and oxygen atoms in total. The summed E-state index contributed by atoms with van der Waals surface area (Å²) in [5.74, 6) is 0.995. The van der Waals surface area contributed by atoms with E-state index in [2.05, 4.69) is 0 Å². The van der Waals surface area contributed by atoms with Gasteiger partial charge in [-0.05, 0) is 30.5 Å². The van der Waals surface area contributed by atoms with Crippen LogP contribution in [-0.2, 0) is 11.3 Å². The Hall–Kier alpha value is -1.55. The average Bonchev–Trinajstić information content (AvgIpc) is 2.71. The lowest BCUT2D eigenvalue weighted by Gasteiger charge is -2.26. The number of amides is 1.